The van der Waals surface area contributed by atoms with Gasteiger partial charge in [-0.25, -0.2) is 0 Å². The van der Waals surface area contributed by atoms with Gasteiger partial charge in [-0.05, 0) is 45.4 Å². The van der Waals surface area contributed by atoms with Crippen molar-refractivity contribution in [3.05, 3.63) is 42.5 Å². The molecule has 0 saturated carbocycles. The third-order valence-corrected chi connectivity index (χ3v) is 3.17. The van der Waals surface area contributed by atoms with Gasteiger partial charge in [-0.1, -0.05) is 18.2 Å². The first-order valence-electron chi connectivity index (χ1n) is 6.55. The van der Waals surface area contributed by atoms with Crippen LogP contribution in [0, 0.1) is 0 Å². The summed E-state index contributed by atoms with van der Waals surface area (Å²) in [7, 11) is 0. The molecule has 1 atom stereocenters. The molecule has 0 aliphatic rings. The molecule has 3 heteroatoms. The van der Waals surface area contributed by atoms with Crippen LogP contribution in [0.2, 0.25) is 0 Å². The lowest BCUT2D eigenvalue weighted by molar-refractivity contribution is -0.136. The van der Waals surface area contributed by atoms with Gasteiger partial charge in [-0.2, -0.15) is 0 Å². The highest BCUT2D eigenvalue weighted by molar-refractivity contribution is 5.84. The lowest BCUT2D eigenvalue weighted by Gasteiger charge is -2.37. The van der Waals surface area contributed by atoms with E-state index < -0.39 is 0 Å². The maximum atomic E-state index is 12.6. The molecule has 0 heterocycles. The highest BCUT2D eigenvalue weighted by atomic mass is 16.2. The van der Waals surface area contributed by atoms with Crippen LogP contribution in [-0.2, 0) is 4.79 Å². The second kappa shape index (κ2) is 5.91. The number of anilines is 1. The second-order valence-corrected chi connectivity index (χ2v) is 5.80. The summed E-state index contributed by atoms with van der Waals surface area (Å²) in [6, 6.07) is 7.50. The molecule has 1 aromatic rings. The van der Waals surface area contributed by atoms with Crippen molar-refractivity contribution in [1.29, 1.82) is 0 Å². The topological polar surface area (TPSA) is 46.3 Å². The molecule has 3 nitrogen and oxygen atoms in total. The molecule has 1 rings (SSSR count). The highest BCUT2D eigenvalue weighted by Gasteiger charge is 2.29. The van der Waals surface area contributed by atoms with Crippen LogP contribution in [0.5, 0.6) is 0 Å². The Kier molecular flexibility index (Phi) is 4.76. The first kappa shape index (κ1) is 15.3. The predicted molar refractivity (Wildman–Crippen MR) is 80.9 cm³/mol. The summed E-state index contributed by atoms with van der Waals surface area (Å²) in [6.07, 6.45) is 1.76. The third-order valence-electron chi connectivity index (χ3n) is 3.17. The Hall–Kier alpha value is -1.77. The summed E-state index contributed by atoms with van der Waals surface area (Å²) >= 11 is 0. The van der Waals surface area contributed by atoms with Gasteiger partial charge in [0, 0.05) is 17.8 Å². The van der Waals surface area contributed by atoms with Crippen LogP contribution < -0.4 is 5.73 Å². The van der Waals surface area contributed by atoms with Crippen molar-refractivity contribution in [2.45, 2.75) is 39.2 Å². The minimum Gasteiger partial charge on any atom is -0.399 e. The van der Waals surface area contributed by atoms with Crippen molar-refractivity contribution in [1.82, 2.24) is 4.90 Å². The van der Waals surface area contributed by atoms with Crippen LogP contribution in [0.1, 0.15) is 39.2 Å². The van der Waals surface area contributed by atoms with Gasteiger partial charge < -0.3 is 10.6 Å². The Labute approximate surface area is 116 Å². The highest BCUT2D eigenvalue weighted by Crippen LogP contribution is 2.24. The molecule has 1 unspecified atom stereocenters. The van der Waals surface area contributed by atoms with Crippen LogP contribution in [0.25, 0.3) is 0 Å². The molecule has 1 aromatic carbocycles. The van der Waals surface area contributed by atoms with E-state index in [1.54, 1.807) is 6.08 Å². The van der Waals surface area contributed by atoms with Gasteiger partial charge in [0.25, 0.3) is 0 Å². The van der Waals surface area contributed by atoms with Crippen molar-refractivity contribution < 1.29 is 4.79 Å². The molecule has 0 aliphatic heterocycles. The number of amides is 1. The van der Waals surface area contributed by atoms with Gasteiger partial charge in [0.2, 0.25) is 5.91 Å². The summed E-state index contributed by atoms with van der Waals surface area (Å²) < 4.78 is 0. The summed E-state index contributed by atoms with van der Waals surface area (Å²) in [4.78, 5) is 14.5. The fraction of sp³-hybridized carbons (Fsp3) is 0.438. The minimum absolute atomic E-state index is 0.0954. The Balaban J connectivity index is 3.00. The van der Waals surface area contributed by atoms with Crippen LogP contribution in [-0.4, -0.2) is 22.9 Å². The van der Waals surface area contributed by atoms with Crippen molar-refractivity contribution in [2.75, 3.05) is 12.3 Å². The van der Waals surface area contributed by atoms with E-state index in [0.717, 1.165) is 5.56 Å². The zero-order valence-electron chi connectivity index (χ0n) is 12.3. The smallest absolute Gasteiger partial charge is 0.230 e. The Bertz CT molecular complexity index is 460. The van der Waals surface area contributed by atoms with E-state index in [9.17, 15) is 4.79 Å². The molecule has 0 saturated heterocycles. The quantitative estimate of drug-likeness (QED) is 0.667. The molecule has 2 N–H and O–H groups in total. The van der Waals surface area contributed by atoms with E-state index >= 15 is 0 Å². The summed E-state index contributed by atoms with van der Waals surface area (Å²) in [5, 5.41) is 0. The second-order valence-electron chi connectivity index (χ2n) is 5.80. The van der Waals surface area contributed by atoms with Crippen LogP contribution >= 0.6 is 0 Å². The van der Waals surface area contributed by atoms with Crippen LogP contribution in [0.4, 0.5) is 5.69 Å². The van der Waals surface area contributed by atoms with Gasteiger partial charge in [0.15, 0.2) is 0 Å². The predicted octanol–water partition coefficient (Wildman–Crippen LogP) is 3.19. The van der Waals surface area contributed by atoms with Crippen molar-refractivity contribution >= 4 is 11.6 Å². The Morgan fingerprint density at radius 3 is 2.58 bits per heavy atom. The molecule has 0 aromatic heterocycles. The van der Waals surface area contributed by atoms with E-state index in [1.165, 1.54) is 0 Å². The first-order chi connectivity index (χ1) is 8.77. The zero-order chi connectivity index (χ0) is 14.6. The Morgan fingerprint density at radius 1 is 1.47 bits per heavy atom. The Morgan fingerprint density at radius 2 is 2.11 bits per heavy atom. The van der Waals surface area contributed by atoms with E-state index in [4.69, 9.17) is 5.73 Å². The van der Waals surface area contributed by atoms with Gasteiger partial charge in [0.05, 0.1) is 5.92 Å². The molecule has 0 radical (unpaired) electrons. The molecule has 19 heavy (non-hydrogen) atoms. The number of hydrogen-bond acceptors (Lipinski definition) is 2. The lowest BCUT2D eigenvalue weighted by Crippen LogP contribution is -2.47. The van der Waals surface area contributed by atoms with E-state index in [0.29, 0.717) is 12.2 Å². The SMILES string of the molecule is C=CCN(C(=O)C(C)c1cccc(N)c1)C(C)(C)C. The normalized spacial score (nSPS) is 12.8. The fourth-order valence-electron chi connectivity index (χ4n) is 2.03. The van der Waals surface area contributed by atoms with Crippen molar-refractivity contribution in [3.63, 3.8) is 0 Å². The van der Waals surface area contributed by atoms with Crippen LogP contribution in [0.3, 0.4) is 0 Å². The first-order valence-corrected chi connectivity index (χ1v) is 6.55. The molecular formula is C16H24N2O. The number of nitrogen functional groups attached to an aromatic ring is 1. The number of nitrogens with zero attached hydrogens (tertiary/aromatic N) is 1. The molecule has 1 amide bonds. The number of carbonyl (C=O) groups excluding carboxylic acids is 1. The third kappa shape index (κ3) is 3.85. The molecule has 0 spiro atoms. The number of rotatable bonds is 4. The van der Waals surface area contributed by atoms with Gasteiger partial charge in [-0.15, -0.1) is 6.58 Å². The average molecular weight is 260 g/mol. The monoisotopic (exact) mass is 260 g/mol. The maximum absolute atomic E-state index is 12.6. The minimum atomic E-state index is -0.222. The maximum Gasteiger partial charge on any atom is 0.230 e. The summed E-state index contributed by atoms with van der Waals surface area (Å²) in [6.45, 7) is 12.3. The number of carbonyl (C=O) groups is 1. The summed E-state index contributed by atoms with van der Waals surface area (Å²) in [5.41, 5.74) is 7.18. The van der Waals surface area contributed by atoms with Crippen molar-refractivity contribution in [2.24, 2.45) is 0 Å². The largest absolute Gasteiger partial charge is 0.399 e. The lowest BCUT2D eigenvalue weighted by atomic mass is 9.96. The van der Waals surface area contributed by atoms with E-state index in [-0.39, 0.29) is 17.4 Å². The van der Waals surface area contributed by atoms with Gasteiger partial charge >= 0.3 is 0 Å². The number of nitrogens with two attached hydrogens (primary N) is 1. The zero-order valence-corrected chi connectivity index (χ0v) is 12.3. The molecule has 0 aliphatic carbocycles. The molecular weight excluding hydrogens is 236 g/mol. The van der Waals surface area contributed by atoms with Gasteiger partial charge in [0.1, 0.15) is 0 Å². The average Bonchev–Trinajstić information content (AvgIpc) is 2.33. The van der Waals surface area contributed by atoms with Crippen molar-refractivity contribution in [3.8, 4) is 0 Å². The van der Waals surface area contributed by atoms with E-state index in [1.807, 2.05) is 56.9 Å². The molecule has 104 valence electrons. The molecule has 0 fully saturated rings. The van der Waals surface area contributed by atoms with E-state index in [2.05, 4.69) is 6.58 Å². The number of benzene rings is 1. The van der Waals surface area contributed by atoms with Crippen LogP contribution in [0.15, 0.2) is 36.9 Å². The summed E-state index contributed by atoms with van der Waals surface area (Å²) in [5.74, 6) is -0.110. The fourth-order valence-corrected chi connectivity index (χ4v) is 2.03. The molecule has 0 bridgehead atoms. The van der Waals surface area contributed by atoms with Gasteiger partial charge in [-0.3, -0.25) is 4.79 Å². The number of hydrogen-bond donors (Lipinski definition) is 1. The standard InChI is InChI=1S/C16H24N2O/c1-6-10-18(16(3,4)5)15(19)12(2)13-8-7-9-14(17)11-13/h6-9,11-12H,1,10,17H2,2-5H3.